The van der Waals surface area contributed by atoms with Crippen LogP contribution in [-0.2, 0) is 16.1 Å². The normalized spacial score (nSPS) is 44.7. The third-order valence-corrected chi connectivity index (χ3v) is 10.8. The second kappa shape index (κ2) is 8.67. The SMILES string of the molecule is CCOC(O)c1cnn(CC(=O)[C@H]2CC[C@H]3[C@@H]4CC[C@@H]5C[C@](C)(O)CC[C@]5(C)[C@H]4CC[C@]23C)n1. The second-order valence-electron chi connectivity index (χ2n) is 12.6. The first-order chi connectivity index (χ1) is 16.1. The van der Waals surface area contributed by atoms with Gasteiger partial charge in [0.1, 0.15) is 12.2 Å². The number of rotatable bonds is 6. The van der Waals surface area contributed by atoms with Gasteiger partial charge in [-0.15, -0.1) is 0 Å². The highest BCUT2D eigenvalue weighted by Crippen LogP contribution is 2.68. The lowest BCUT2D eigenvalue weighted by Gasteiger charge is -2.61. The number of carbonyl (C=O) groups is 1. The summed E-state index contributed by atoms with van der Waals surface area (Å²) in [4.78, 5) is 14.9. The Morgan fingerprint density at radius 1 is 1.12 bits per heavy atom. The van der Waals surface area contributed by atoms with Crippen LogP contribution in [0.5, 0.6) is 0 Å². The Kier molecular flexibility index (Phi) is 6.22. The molecular formula is C27H43N3O4. The van der Waals surface area contributed by atoms with Crippen molar-refractivity contribution in [2.24, 2.45) is 40.4 Å². The molecule has 1 unspecified atom stereocenters. The number of carbonyl (C=O) groups excluding carboxylic acids is 1. The maximum atomic E-state index is 13.5. The van der Waals surface area contributed by atoms with Crippen LogP contribution in [0.3, 0.4) is 0 Å². The number of hydrogen-bond donors (Lipinski definition) is 2. The summed E-state index contributed by atoms with van der Waals surface area (Å²) in [5.41, 5.74) is 0.250. The van der Waals surface area contributed by atoms with E-state index >= 15 is 0 Å². The molecule has 1 aromatic heterocycles. The van der Waals surface area contributed by atoms with Crippen molar-refractivity contribution >= 4 is 5.78 Å². The van der Waals surface area contributed by atoms with Gasteiger partial charge in [0, 0.05) is 12.5 Å². The number of hydrogen-bond acceptors (Lipinski definition) is 6. The molecule has 1 aromatic rings. The van der Waals surface area contributed by atoms with Crippen molar-refractivity contribution in [2.45, 2.75) is 104 Å². The zero-order chi connectivity index (χ0) is 24.3. The van der Waals surface area contributed by atoms with Gasteiger partial charge in [0.15, 0.2) is 5.78 Å². The minimum atomic E-state index is -1.10. The van der Waals surface area contributed by atoms with E-state index in [1.54, 1.807) is 0 Å². The quantitative estimate of drug-likeness (QED) is 0.599. The predicted molar refractivity (Wildman–Crippen MR) is 127 cm³/mol. The minimum absolute atomic E-state index is 0.0577. The van der Waals surface area contributed by atoms with Gasteiger partial charge in [-0.25, -0.2) is 0 Å². The van der Waals surface area contributed by atoms with Crippen molar-refractivity contribution < 1.29 is 19.7 Å². The molecule has 9 atom stereocenters. The highest BCUT2D eigenvalue weighted by molar-refractivity contribution is 5.82. The minimum Gasteiger partial charge on any atom is -0.390 e. The number of aliphatic hydroxyl groups is 2. The Labute approximate surface area is 203 Å². The summed E-state index contributed by atoms with van der Waals surface area (Å²) in [5, 5.41) is 29.2. The van der Waals surface area contributed by atoms with Crippen LogP contribution < -0.4 is 0 Å². The fraction of sp³-hybridized carbons (Fsp3) is 0.889. The Morgan fingerprint density at radius 2 is 1.88 bits per heavy atom. The summed E-state index contributed by atoms with van der Waals surface area (Å²) in [6.07, 6.45) is 10.3. The molecule has 0 amide bonds. The number of aromatic nitrogens is 3. The number of ether oxygens (including phenoxy) is 1. The van der Waals surface area contributed by atoms with E-state index in [1.165, 1.54) is 30.3 Å². The monoisotopic (exact) mass is 473 g/mol. The van der Waals surface area contributed by atoms with Gasteiger partial charge in [-0.1, -0.05) is 13.8 Å². The van der Waals surface area contributed by atoms with Crippen LogP contribution in [0.1, 0.15) is 97.5 Å². The van der Waals surface area contributed by atoms with Gasteiger partial charge < -0.3 is 14.9 Å². The first kappa shape index (κ1) is 24.4. The lowest BCUT2D eigenvalue weighted by Crippen LogP contribution is -2.55. The van der Waals surface area contributed by atoms with Crippen LogP contribution in [0, 0.1) is 40.4 Å². The molecular weight excluding hydrogens is 430 g/mol. The van der Waals surface area contributed by atoms with E-state index in [9.17, 15) is 15.0 Å². The van der Waals surface area contributed by atoms with Crippen LogP contribution in [-0.4, -0.2) is 43.2 Å². The molecule has 0 radical (unpaired) electrons. The Bertz CT molecular complexity index is 915. The number of Topliss-reactive ketones (excluding diaryl/α,β-unsaturated/α-hetero) is 1. The van der Waals surface area contributed by atoms with Gasteiger partial charge in [-0.2, -0.15) is 15.0 Å². The molecule has 0 bridgehead atoms. The van der Waals surface area contributed by atoms with Crippen LogP contribution in [0.25, 0.3) is 0 Å². The second-order valence-corrected chi connectivity index (χ2v) is 12.6. The molecule has 0 aliphatic heterocycles. The molecule has 0 aromatic carbocycles. The van der Waals surface area contributed by atoms with E-state index in [0.29, 0.717) is 35.5 Å². The number of aliphatic hydroxyl groups excluding tert-OH is 1. The largest absolute Gasteiger partial charge is 0.390 e. The van der Waals surface area contributed by atoms with Crippen molar-refractivity contribution in [1.82, 2.24) is 15.0 Å². The van der Waals surface area contributed by atoms with E-state index in [2.05, 4.69) is 24.0 Å². The van der Waals surface area contributed by atoms with Crippen molar-refractivity contribution in [3.63, 3.8) is 0 Å². The third kappa shape index (κ3) is 3.96. The Balaban J connectivity index is 1.29. The standard InChI is InChI=1S/C27H43N3O4/c1-5-34-24(32)22-15-28-30(29-22)16-23(31)21-9-8-19-18-7-6-17-14-25(2,33)12-13-26(17,3)20(18)10-11-27(19,21)4/h15,17-21,24,32-33H,5-14,16H2,1-4H3/t17-,18+,19+,20+,21-,24?,25-,26+,27+/m1/s1. The zero-order valence-corrected chi connectivity index (χ0v) is 21.4. The zero-order valence-electron chi connectivity index (χ0n) is 21.4. The Morgan fingerprint density at radius 3 is 2.65 bits per heavy atom. The van der Waals surface area contributed by atoms with E-state index in [-0.39, 0.29) is 23.7 Å². The van der Waals surface area contributed by atoms with Gasteiger partial charge in [0.25, 0.3) is 0 Å². The van der Waals surface area contributed by atoms with E-state index in [1.807, 2.05) is 13.8 Å². The molecule has 4 fully saturated rings. The first-order valence-corrected chi connectivity index (χ1v) is 13.5. The first-order valence-electron chi connectivity index (χ1n) is 13.5. The van der Waals surface area contributed by atoms with Gasteiger partial charge in [-0.05, 0) is 106 Å². The highest BCUT2D eigenvalue weighted by atomic mass is 16.6. The molecule has 4 saturated carbocycles. The van der Waals surface area contributed by atoms with Gasteiger partial charge in [0.05, 0.1) is 11.8 Å². The van der Waals surface area contributed by atoms with Crippen LogP contribution in [0.2, 0.25) is 0 Å². The van der Waals surface area contributed by atoms with Gasteiger partial charge in [-0.3, -0.25) is 4.79 Å². The van der Waals surface area contributed by atoms with Crippen LogP contribution in [0.15, 0.2) is 6.20 Å². The van der Waals surface area contributed by atoms with Crippen molar-refractivity contribution in [3.8, 4) is 0 Å². The van der Waals surface area contributed by atoms with Crippen molar-refractivity contribution in [2.75, 3.05) is 6.61 Å². The lowest BCUT2D eigenvalue weighted by molar-refractivity contribution is -0.151. The van der Waals surface area contributed by atoms with E-state index in [4.69, 9.17) is 4.74 Å². The smallest absolute Gasteiger partial charge is 0.202 e. The number of fused-ring (bicyclic) bond motifs is 5. The summed E-state index contributed by atoms with van der Waals surface area (Å²) < 4.78 is 5.18. The molecule has 4 aliphatic carbocycles. The molecule has 5 rings (SSSR count). The predicted octanol–water partition coefficient (Wildman–Crippen LogP) is 4.28. The molecule has 34 heavy (non-hydrogen) atoms. The molecule has 4 aliphatic rings. The van der Waals surface area contributed by atoms with Gasteiger partial charge >= 0.3 is 0 Å². The summed E-state index contributed by atoms with van der Waals surface area (Å²) in [7, 11) is 0. The average Bonchev–Trinajstić information content (AvgIpc) is 3.38. The fourth-order valence-corrected chi connectivity index (χ4v) is 8.95. The molecule has 0 saturated heterocycles. The Hall–Kier alpha value is -1.31. The van der Waals surface area contributed by atoms with Crippen molar-refractivity contribution in [1.29, 1.82) is 0 Å². The van der Waals surface area contributed by atoms with E-state index in [0.717, 1.165) is 44.4 Å². The van der Waals surface area contributed by atoms with Gasteiger partial charge in [0.2, 0.25) is 6.29 Å². The molecule has 7 nitrogen and oxygen atoms in total. The number of ketones is 1. The summed E-state index contributed by atoms with van der Waals surface area (Å²) >= 11 is 0. The maximum absolute atomic E-state index is 13.5. The lowest BCUT2D eigenvalue weighted by atomic mass is 9.44. The topological polar surface area (TPSA) is 97.5 Å². The molecule has 7 heteroatoms. The summed E-state index contributed by atoms with van der Waals surface area (Å²) in [6.45, 7) is 9.28. The van der Waals surface area contributed by atoms with Crippen LogP contribution in [0.4, 0.5) is 0 Å². The maximum Gasteiger partial charge on any atom is 0.202 e. The molecule has 2 N–H and O–H groups in total. The molecule has 1 heterocycles. The third-order valence-electron chi connectivity index (χ3n) is 10.8. The average molecular weight is 474 g/mol. The molecule has 0 spiro atoms. The van der Waals surface area contributed by atoms with E-state index < -0.39 is 11.9 Å². The summed E-state index contributed by atoms with van der Waals surface area (Å²) in [6, 6.07) is 0. The summed E-state index contributed by atoms with van der Waals surface area (Å²) in [5.74, 6) is 2.96. The number of nitrogens with zero attached hydrogens (tertiary/aromatic N) is 3. The van der Waals surface area contributed by atoms with Crippen LogP contribution >= 0.6 is 0 Å². The molecule has 190 valence electrons. The van der Waals surface area contributed by atoms with Crippen molar-refractivity contribution in [3.05, 3.63) is 11.9 Å². The highest BCUT2D eigenvalue weighted by Gasteiger charge is 2.61. The fourth-order valence-electron chi connectivity index (χ4n) is 8.95.